The molecular weight excluding hydrogens is 334 g/mol. The molecule has 0 radical (unpaired) electrons. The van der Waals surface area contributed by atoms with E-state index in [1.807, 2.05) is 36.9 Å². The van der Waals surface area contributed by atoms with Gasteiger partial charge >= 0.3 is 0 Å². The van der Waals surface area contributed by atoms with Crippen LogP contribution >= 0.6 is 11.3 Å². The molecule has 0 unspecified atom stereocenters. The molecule has 134 valence electrons. The Morgan fingerprint density at radius 2 is 2.08 bits per heavy atom. The van der Waals surface area contributed by atoms with Gasteiger partial charge in [-0.2, -0.15) is 0 Å². The first kappa shape index (κ1) is 17.9. The number of fused-ring (bicyclic) bond motifs is 1. The van der Waals surface area contributed by atoms with Crippen molar-refractivity contribution in [2.45, 2.75) is 45.6 Å². The molecule has 1 N–H and O–H groups in total. The van der Waals surface area contributed by atoms with Gasteiger partial charge in [0.1, 0.15) is 6.04 Å². The summed E-state index contributed by atoms with van der Waals surface area (Å²) in [4.78, 5) is 31.0. The van der Waals surface area contributed by atoms with E-state index in [0.29, 0.717) is 6.54 Å². The molecule has 0 aliphatic carbocycles. The third-order valence-electron chi connectivity index (χ3n) is 4.68. The van der Waals surface area contributed by atoms with Crippen molar-refractivity contribution in [2.24, 2.45) is 5.92 Å². The lowest BCUT2D eigenvalue weighted by Gasteiger charge is -2.35. The lowest BCUT2D eigenvalue weighted by Crippen LogP contribution is -2.52. The average Bonchev–Trinajstić information content (AvgIpc) is 3.03. The fourth-order valence-electron chi connectivity index (χ4n) is 3.37. The van der Waals surface area contributed by atoms with Crippen LogP contribution in [-0.2, 0) is 9.59 Å². The van der Waals surface area contributed by atoms with E-state index in [2.05, 4.69) is 11.4 Å². The standard InChI is InChI=1S/C19H25N3O2S/c1-12(2)17(20-13(3)23)19(24)22-10-6-7-14(11-22)18-21-15-8-4-5-9-16(15)25-18/h4-5,8-9,12,14,17H,6-7,10-11H2,1-3H3,(H,20,23)/t14-,17+/m0/s1. The Kier molecular flexibility index (Phi) is 5.37. The number of hydrogen-bond donors (Lipinski definition) is 1. The SMILES string of the molecule is CC(=O)N[C@@H](C(=O)N1CCC[C@H](c2nc3ccccc3s2)C1)C(C)C. The number of carbonyl (C=O) groups is 2. The van der Waals surface area contributed by atoms with Crippen LogP contribution in [0.15, 0.2) is 24.3 Å². The Labute approximate surface area is 152 Å². The molecule has 1 aromatic carbocycles. The first-order valence-corrected chi connectivity index (χ1v) is 9.68. The number of nitrogens with one attached hydrogen (secondary N) is 1. The predicted octanol–water partition coefficient (Wildman–Crippen LogP) is 3.16. The molecule has 1 fully saturated rings. The Hall–Kier alpha value is -1.95. The van der Waals surface area contributed by atoms with Crippen LogP contribution in [0.25, 0.3) is 10.2 Å². The second-order valence-electron chi connectivity index (χ2n) is 7.07. The first-order valence-electron chi connectivity index (χ1n) is 8.87. The minimum absolute atomic E-state index is 0.0241. The molecule has 1 saturated heterocycles. The van der Waals surface area contributed by atoms with Crippen LogP contribution < -0.4 is 5.32 Å². The smallest absolute Gasteiger partial charge is 0.245 e. The van der Waals surface area contributed by atoms with Gasteiger partial charge in [0.25, 0.3) is 0 Å². The maximum Gasteiger partial charge on any atom is 0.245 e. The second-order valence-corrected chi connectivity index (χ2v) is 8.13. The van der Waals surface area contributed by atoms with Gasteiger partial charge in [0.05, 0.1) is 15.2 Å². The summed E-state index contributed by atoms with van der Waals surface area (Å²) < 4.78 is 1.19. The molecule has 2 amide bonds. The van der Waals surface area contributed by atoms with Gasteiger partial charge in [-0.3, -0.25) is 9.59 Å². The highest BCUT2D eigenvalue weighted by Crippen LogP contribution is 2.33. The van der Waals surface area contributed by atoms with Crippen LogP contribution in [0.3, 0.4) is 0 Å². The quantitative estimate of drug-likeness (QED) is 0.912. The Morgan fingerprint density at radius 3 is 2.76 bits per heavy atom. The van der Waals surface area contributed by atoms with Crippen LogP contribution in [-0.4, -0.2) is 40.8 Å². The van der Waals surface area contributed by atoms with E-state index in [1.165, 1.54) is 11.6 Å². The molecule has 2 atom stereocenters. The van der Waals surface area contributed by atoms with Gasteiger partial charge in [0.15, 0.2) is 0 Å². The molecule has 6 heteroatoms. The summed E-state index contributed by atoms with van der Waals surface area (Å²) in [6, 6.07) is 7.71. The van der Waals surface area contributed by atoms with E-state index >= 15 is 0 Å². The third-order valence-corrected chi connectivity index (χ3v) is 5.88. The van der Waals surface area contributed by atoms with E-state index in [9.17, 15) is 9.59 Å². The summed E-state index contributed by atoms with van der Waals surface area (Å²) in [5, 5.41) is 3.92. The Bertz CT molecular complexity index is 738. The predicted molar refractivity (Wildman–Crippen MR) is 101 cm³/mol. The number of hydrogen-bond acceptors (Lipinski definition) is 4. The molecule has 1 aromatic heterocycles. The fourth-order valence-corrected chi connectivity index (χ4v) is 4.47. The summed E-state index contributed by atoms with van der Waals surface area (Å²) in [6.45, 7) is 6.83. The van der Waals surface area contributed by atoms with Gasteiger partial charge in [0, 0.05) is 25.9 Å². The number of carbonyl (C=O) groups excluding carboxylic acids is 2. The zero-order chi connectivity index (χ0) is 18.0. The second kappa shape index (κ2) is 7.52. The number of thiazole rings is 1. The van der Waals surface area contributed by atoms with E-state index in [4.69, 9.17) is 4.98 Å². The number of nitrogens with zero attached hydrogens (tertiary/aromatic N) is 2. The number of piperidine rings is 1. The van der Waals surface area contributed by atoms with Crippen LogP contribution in [0.2, 0.25) is 0 Å². The first-order chi connectivity index (χ1) is 12.0. The maximum atomic E-state index is 12.9. The summed E-state index contributed by atoms with van der Waals surface area (Å²) >= 11 is 1.72. The van der Waals surface area contributed by atoms with E-state index < -0.39 is 6.04 Å². The van der Waals surface area contributed by atoms with Crippen LogP contribution in [0.4, 0.5) is 0 Å². The number of amides is 2. The van der Waals surface area contributed by atoms with Gasteiger partial charge in [-0.1, -0.05) is 26.0 Å². The summed E-state index contributed by atoms with van der Waals surface area (Å²) in [7, 11) is 0. The molecule has 2 heterocycles. The number of rotatable bonds is 4. The molecule has 2 aromatic rings. The van der Waals surface area contributed by atoms with Gasteiger partial charge in [-0.15, -0.1) is 11.3 Å². The van der Waals surface area contributed by atoms with Crippen molar-refractivity contribution in [3.8, 4) is 0 Å². The van der Waals surface area contributed by atoms with Gasteiger partial charge in [-0.05, 0) is 30.9 Å². The Morgan fingerprint density at radius 1 is 1.32 bits per heavy atom. The van der Waals surface area contributed by atoms with Crippen LogP contribution in [0.1, 0.15) is 44.5 Å². The maximum absolute atomic E-state index is 12.9. The van der Waals surface area contributed by atoms with Crippen LogP contribution in [0.5, 0.6) is 0 Å². The number of benzene rings is 1. The number of para-hydroxylation sites is 1. The summed E-state index contributed by atoms with van der Waals surface area (Å²) in [6.07, 6.45) is 2.02. The van der Waals surface area contributed by atoms with Gasteiger partial charge < -0.3 is 10.2 Å². The lowest BCUT2D eigenvalue weighted by atomic mass is 9.96. The molecule has 0 bridgehead atoms. The minimum atomic E-state index is -0.452. The van der Waals surface area contributed by atoms with E-state index in [-0.39, 0.29) is 23.7 Å². The van der Waals surface area contributed by atoms with E-state index in [1.54, 1.807) is 11.3 Å². The zero-order valence-corrected chi connectivity index (χ0v) is 15.8. The molecule has 3 rings (SSSR count). The van der Waals surface area contributed by atoms with E-state index in [0.717, 1.165) is 29.9 Å². The van der Waals surface area contributed by atoms with Crippen molar-refractivity contribution >= 4 is 33.4 Å². The average molecular weight is 359 g/mol. The molecule has 25 heavy (non-hydrogen) atoms. The zero-order valence-electron chi connectivity index (χ0n) is 15.0. The molecule has 1 aliphatic heterocycles. The normalized spacial score (nSPS) is 19.2. The highest BCUT2D eigenvalue weighted by Gasteiger charge is 2.32. The van der Waals surface area contributed by atoms with Crippen molar-refractivity contribution in [3.05, 3.63) is 29.3 Å². The molecule has 0 spiro atoms. The van der Waals surface area contributed by atoms with Gasteiger partial charge in [0.2, 0.25) is 11.8 Å². The summed E-state index contributed by atoms with van der Waals surface area (Å²) in [5.74, 6) is 0.210. The molecule has 0 saturated carbocycles. The minimum Gasteiger partial charge on any atom is -0.344 e. The Balaban J connectivity index is 1.75. The van der Waals surface area contributed by atoms with Crippen molar-refractivity contribution in [3.63, 3.8) is 0 Å². The monoisotopic (exact) mass is 359 g/mol. The number of aromatic nitrogens is 1. The third kappa shape index (κ3) is 4.00. The molecule has 5 nitrogen and oxygen atoms in total. The highest BCUT2D eigenvalue weighted by molar-refractivity contribution is 7.18. The molecule has 1 aliphatic rings. The largest absolute Gasteiger partial charge is 0.344 e. The topological polar surface area (TPSA) is 62.3 Å². The van der Waals surface area contributed by atoms with Crippen molar-refractivity contribution < 1.29 is 9.59 Å². The highest BCUT2D eigenvalue weighted by atomic mass is 32.1. The van der Waals surface area contributed by atoms with Crippen LogP contribution in [0, 0.1) is 5.92 Å². The van der Waals surface area contributed by atoms with Crippen molar-refractivity contribution in [1.29, 1.82) is 0 Å². The summed E-state index contributed by atoms with van der Waals surface area (Å²) in [5.41, 5.74) is 1.03. The van der Waals surface area contributed by atoms with Gasteiger partial charge in [-0.25, -0.2) is 4.98 Å². The lowest BCUT2D eigenvalue weighted by molar-refractivity contribution is -0.138. The van der Waals surface area contributed by atoms with Crippen molar-refractivity contribution in [2.75, 3.05) is 13.1 Å². The van der Waals surface area contributed by atoms with Crippen molar-refractivity contribution in [1.82, 2.24) is 15.2 Å². The molecular formula is C19H25N3O2S. The fraction of sp³-hybridized carbons (Fsp3) is 0.526. The number of likely N-dealkylation sites (tertiary alicyclic amines) is 1.